The van der Waals surface area contributed by atoms with Gasteiger partial charge in [-0.15, -0.1) is 11.6 Å². The average Bonchev–Trinajstić information content (AvgIpc) is 3.12. The number of hydrogen-bond acceptors (Lipinski definition) is 1. The van der Waals surface area contributed by atoms with Crippen molar-refractivity contribution in [1.82, 2.24) is 9.55 Å². The summed E-state index contributed by atoms with van der Waals surface area (Å²) in [5.74, 6) is 1.48. The lowest BCUT2D eigenvalue weighted by Gasteiger charge is -2.06. The molecule has 0 amide bonds. The van der Waals surface area contributed by atoms with Crippen molar-refractivity contribution in [3.8, 4) is 0 Å². The van der Waals surface area contributed by atoms with Crippen LogP contribution in [0.5, 0.6) is 0 Å². The number of hydrogen-bond donors (Lipinski definition) is 0. The molecule has 2 nitrogen and oxygen atoms in total. The highest BCUT2D eigenvalue weighted by molar-refractivity contribution is 6.17. The van der Waals surface area contributed by atoms with Gasteiger partial charge in [-0.25, -0.2) is 9.37 Å². The van der Waals surface area contributed by atoms with Gasteiger partial charge in [-0.1, -0.05) is 6.07 Å². The molecule has 0 bridgehead atoms. The van der Waals surface area contributed by atoms with E-state index in [1.54, 1.807) is 6.07 Å². The maximum atomic E-state index is 13.8. The molecule has 0 radical (unpaired) electrons. The van der Waals surface area contributed by atoms with Crippen LogP contribution < -0.4 is 0 Å². The van der Waals surface area contributed by atoms with Gasteiger partial charge in [0.1, 0.15) is 11.3 Å². The summed E-state index contributed by atoms with van der Waals surface area (Å²) in [5.41, 5.74) is 1.46. The van der Waals surface area contributed by atoms with Crippen LogP contribution >= 0.6 is 11.6 Å². The van der Waals surface area contributed by atoms with Crippen molar-refractivity contribution in [3.05, 3.63) is 29.8 Å². The minimum atomic E-state index is -0.217. The SMILES string of the molecule is Fc1cccc2c1nc(CCCCCl)n2C1CC1. The number of halogens is 2. The van der Waals surface area contributed by atoms with E-state index in [1.807, 2.05) is 6.07 Å². The third-order valence-electron chi connectivity index (χ3n) is 3.44. The summed E-state index contributed by atoms with van der Waals surface area (Å²) in [6, 6.07) is 5.74. The molecule has 1 aliphatic rings. The van der Waals surface area contributed by atoms with Crippen LogP contribution in [0.25, 0.3) is 11.0 Å². The fourth-order valence-corrected chi connectivity index (χ4v) is 2.61. The van der Waals surface area contributed by atoms with E-state index in [4.69, 9.17) is 11.6 Å². The molecule has 0 aliphatic heterocycles. The van der Waals surface area contributed by atoms with Gasteiger partial charge in [0.15, 0.2) is 5.82 Å². The van der Waals surface area contributed by atoms with E-state index in [9.17, 15) is 4.39 Å². The molecule has 0 saturated heterocycles. The number of imidazole rings is 1. The molecule has 96 valence electrons. The Morgan fingerprint density at radius 2 is 2.17 bits per heavy atom. The molecule has 1 fully saturated rings. The van der Waals surface area contributed by atoms with Crippen LogP contribution in [-0.4, -0.2) is 15.4 Å². The number of fused-ring (bicyclic) bond motifs is 1. The van der Waals surface area contributed by atoms with Crippen LogP contribution in [0.2, 0.25) is 0 Å². The normalized spacial score (nSPS) is 15.4. The predicted octanol–water partition coefficient (Wildman–Crippen LogP) is 4.07. The molecule has 1 heterocycles. The van der Waals surface area contributed by atoms with E-state index in [1.165, 1.54) is 18.9 Å². The maximum Gasteiger partial charge on any atom is 0.151 e. The molecule has 2 aromatic rings. The fraction of sp³-hybridized carbons (Fsp3) is 0.500. The highest BCUT2D eigenvalue weighted by Crippen LogP contribution is 2.39. The molecule has 1 aliphatic carbocycles. The lowest BCUT2D eigenvalue weighted by Crippen LogP contribution is -2.01. The summed E-state index contributed by atoms with van der Waals surface area (Å²) in [5, 5.41) is 0. The third kappa shape index (κ3) is 2.12. The van der Waals surface area contributed by atoms with E-state index < -0.39 is 0 Å². The summed E-state index contributed by atoms with van der Waals surface area (Å²) in [4.78, 5) is 4.49. The predicted molar refractivity (Wildman–Crippen MR) is 71.6 cm³/mol. The molecule has 0 spiro atoms. The van der Waals surface area contributed by atoms with Gasteiger partial charge >= 0.3 is 0 Å². The van der Waals surface area contributed by atoms with Gasteiger partial charge in [0.25, 0.3) is 0 Å². The minimum Gasteiger partial charge on any atom is -0.325 e. The molecule has 0 atom stereocenters. The summed E-state index contributed by atoms with van der Waals surface area (Å²) < 4.78 is 16.0. The lowest BCUT2D eigenvalue weighted by molar-refractivity contribution is 0.636. The van der Waals surface area contributed by atoms with E-state index in [0.29, 0.717) is 17.4 Å². The highest BCUT2D eigenvalue weighted by atomic mass is 35.5. The number of aryl methyl sites for hydroxylation is 1. The second-order valence-corrected chi connectivity index (χ2v) is 5.26. The van der Waals surface area contributed by atoms with E-state index in [2.05, 4.69) is 9.55 Å². The van der Waals surface area contributed by atoms with Crippen molar-refractivity contribution in [2.75, 3.05) is 5.88 Å². The first kappa shape index (κ1) is 12.0. The number of alkyl halides is 1. The first-order valence-electron chi connectivity index (χ1n) is 6.52. The molecule has 18 heavy (non-hydrogen) atoms. The first-order chi connectivity index (χ1) is 8.81. The number of para-hydroxylation sites is 1. The van der Waals surface area contributed by atoms with Crippen molar-refractivity contribution in [3.63, 3.8) is 0 Å². The van der Waals surface area contributed by atoms with Gasteiger partial charge in [0, 0.05) is 18.3 Å². The Balaban J connectivity index is 2.01. The van der Waals surface area contributed by atoms with Gasteiger partial charge < -0.3 is 4.57 Å². The zero-order valence-electron chi connectivity index (χ0n) is 10.2. The molecule has 3 rings (SSSR count). The van der Waals surface area contributed by atoms with Crippen molar-refractivity contribution in [2.45, 2.75) is 38.1 Å². The van der Waals surface area contributed by atoms with Gasteiger partial charge in [-0.3, -0.25) is 0 Å². The number of aromatic nitrogens is 2. The monoisotopic (exact) mass is 266 g/mol. The van der Waals surface area contributed by atoms with Crippen LogP contribution in [0, 0.1) is 5.82 Å². The third-order valence-corrected chi connectivity index (χ3v) is 3.71. The molecule has 1 aromatic carbocycles. The number of rotatable bonds is 5. The second kappa shape index (κ2) is 4.88. The van der Waals surface area contributed by atoms with Crippen LogP contribution in [0.4, 0.5) is 4.39 Å². The summed E-state index contributed by atoms with van der Waals surface area (Å²) in [6.07, 6.45) is 5.26. The van der Waals surface area contributed by atoms with E-state index in [-0.39, 0.29) is 5.82 Å². The molecular weight excluding hydrogens is 251 g/mol. The van der Waals surface area contributed by atoms with Crippen molar-refractivity contribution in [2.24, 2.45) is 0 Å². The zero-order valence-corrected chi connectivity index (χ0v) is 11.0. The summed E-state index contributed by atoms with van der Waals surface area (Å²) >= 11 is 5.70. The van der Waals surface area contributed by atoms with Crippen molar-refractivity contribution in [1.29, 1.82) is 0 Å². The van der Waals surface area contributed by atoms with E-state index in [0.717, 1.165) is 30.6 Å². The first-order valence-corrected chi connectivity index (χ1v) is 7.06. The van der Waals surface area contributed by atoms with Crippen molar-refractivity contribution >= 4 is 22.6 Å². The quantitative estimate of drug-likeness (QED) is 0.589. The maximum absolute atomic E-state index is 13.8. The van der Waals surface area contributed by atoms with Crippen LogP contribution in [0.1, 0.15) is 37.5 Å². The number of nitrogens with zero attached hydrogens (tertiary/aromatic N) is 2. The van der Waals surface area contributed by atoms with Crippen LogP contribution in [0.15, 0.2) is 18.2 Å². The Morgan fingerprint density at radius 1 is 1.33 bits per heavy atom. The number of unbranched alkanes of at least 4 members (excludes halogenated alkanes) is 1. The zero-order chi connectivity index (χ0) is 12.5. The van der Waals surface area contributed by atoms with Crippen LogP contribution in [0.3, 0.4) is 0 Å². The average molecular weight is 267 g/mol. The Hall–Kier alpha value is -1.09. The Morgan fingerprint density at radius 3 is 2.89 bits per heavy atom. The summed E-state index contributed by atoms with van der Waals surface area (Å²) in [7, 11) is 0. The summed E-state index contributed by atoms with van der Waals surface area (Å²) in [6.45, 7) is 0. The molecule has 0 N–H and O–H groups in total. The van der Waals surface area contributed by atoms with Crippen LogP contribution in [-0.2, 0) is 6.42 Å². The van der Waals surface area contributed by atoms with Gasteiger partial charge in [-0.05, 0) is 37.8 Å². The van der Waals surface area contributed by atoms with Gasteiger partial charge in [0.05, 0.1) is 5.52 Å². The largest absolute Gasteiger partial charge is 0.325 e. The Labute approximate surface area is 111 Å². The van der Waals surface area contributed by atoms with Gasteiger partial charge in [0.2, 0.25) is 0 Å². The molecule has 1 aromatic heterocycles. The minimum absolute atomic E-state index is 0.217. The second-order valence-electron chi connectivity index (χ2n) is 4.88. The highest BCUT2D eigenvalue weighted by Gasteiger charge is 2.28. The number of benzene rings is 1. The standard InChI is InChI=1S/C14H16ClFN2/c15-9-2-1-6-13-17-14-11(16)4-3-5-12(14)18(13)10-7-8-10/h3-5,10H,1-2,6-9H2. The Kier molecular flexibility index (Phi) is 3.25. The topological polar surface area (TPSA) is 17.8 Å². The lowest BCUT2D eigenvalue weighted by atomic mass is 10.2. The fourth-order valence-electron chi connectivity index (χ4n) is 2.43. The molecule has 1 saturated carbocycles. The smallest absolute Gasteiger partial charge is 0.151 e. The molecule has 4 heteroatoms. The van der Waals surface area contributed by atoms with Crippen molar-refractivity contribution < 1.29 is 4.39 Å². The Bertz CT molecular complexity index is 560. The van der Waals surface area contributed by atoms with E-state index >= 15 is 0 Å². The van der Waals surface area contributed by atoms with Gasteiger partial charge in [-0.2, -0.15) is 0 Å². The molecule has 0 unspecified atom stereocenters. The molecular formula is C14H16ClFN2.